The lowest BCUT2D eigenvalue weighted by atomic mass is 10.1. The molecular weight excluding hydrogens is 458 g/mol. The van der Waals surface area contributed by atoms with Crippen molar-refractivity contribution in [3.63, 3.8) is 0 Å². The van der Waals surface area contributed by atoms with Gasteiger partial charge >= 0.3 is 0 Å². The van der Waals surface area contributed by atoms with E-state index in [0.29, 0.717) is 15.8 Å². The summed E-state index contributed by atoms with van der Waals surface area (Å²) in [5.74, 6) is 0.105. The lowest BCUT2D eigenvalue weighted by molar-refractivity contribution is -0.118. The van der Waals surface area contributed by atoms with E-state index >= 15 is 0 Å². The molecule has 178 valence electrons. The minimum atomic E-state index is -0.241. The lowest BCUT2D eigenvalue weighted by Gasteiger charge is -2.09. The fourth-order valence-corrected chi connectivity index (χ4v) is 4.25. The summed E-state index contributed by atoms with van der Waals surface area (Å²) in [6.07, 6.45) is 1.78. The maximum atomic E-state index is 12.5. The molecule has 0 unspecified atom stereocenters. The molecule has 2 amide bonds. The average Bonchev–Trinajstić information content (AvgIpc) is 3.16. The Labute approximate surface area is 209 Å². The van der Waals surface area contributed by atoms with E-state index in [1.807, 2.05) is 76.2 Å². The number of nitrogens with zero attached hydrogens (tertiary/aromatic N) is 1. The molecular formula is C28H27N3O3S. The first-order valence-electron chi connectivity index (χ1n) is 11.2. The third-order valence-corrected chi connectivity index (χ3v) is 6.60. The van der Waals surface area contributed by atoms with Gasteiger partial charge in [0.25, 0.3) is 11.8 Å². The van der Waals surface area contributed by atoms with Gasteiger partial charge in [0, 0.05) is 5.69 Å². The van der Waals surface area contributed by atoms with E-state index in [1.54, 1.807) is 18.2 Å². The average molecular weight is 486 g/mol. The number of hydrogen-bond donors (Lipinski definition) is 2. The Kier molecular flexibility index (Phi) is 7.36. The number of rotatable bonds is 6. The number of carbonyl (C=O) groups excluding carboxylic acids is 2. The van der Waals surface area contributed by atoms with Crippen LogP contribution < -0.4 is 15.4 Å². The standard InChI is InChI=1S/C28H27N3O3S/c1-17-8-10-22(12-19(17)3)29-26(32)16-34-24-7-5-6-21(14-24)15-25-27(33)31-28(35-25)30-23-11-9-18(2)20(4)13-23/h5-15H,16H2,1-4H3,(H,29,32)(H,30,31,33). The highest BCUT2D eigenvalue weighted by atomic mass is 32.2. The van der Waals surface area contributed by atoms with Crippen LogP contribution in [0.4, 0.5) is 11.4 Å². The molecule has 1 aliphatic rings. The van der Waals surface area contributed by atoms with Crippen LogP contribution in [0.3, 0.4) is 0 Å². The molecule has 1 heterocycles. The van der Waals surface area contributed by atoms with Crippen molar-refractivity contribution < 1.29 is 14.3 Å². The molecule has 6 nitrogen and oxygen atoms in total. The van der Waals surface area contributed by atoms with E-state index < -0.39 is 0 Å². The van der Waals surface area contributed by atoms with Crippen LogP contribution in [0.2, 0.25) is 0 Å². The third kappa shape index (κ3) is 6.39. The number of ether oxygens (including phenoxy) is 1. The number of amides is 2. The zero-order chi connectivity index (χ0) is 24.9. The van der Waals surface area contributed by atoms with Crippen molar-refractivity contribution in [1.82, 2.24) is 5.32 Å². The molecule has 3 aromatic carbocycles. The summed E-state index contributed by atoms with van der Waals surface area (Å²) in [4.78, 5) is 29.8. The van der Waals surface area contributed by atoms with Crippen LogP contribution in [0.15, 0.2) is 70.6 Å². The summed E-state index contributed by atoms with van der Waals surface area (Å²) in [6.45, 7) is 8.00. The molecule has 0 spiro atoms. The van der Waals surface area contributed by atoms with Crippen molar-refractivity contribution in [2.45, 2.75) is 27.7 Å². The molecule has 3 aromatic rings. The van der Waals surface area contributed by atoms with Crippen molar-refractivity contribution >= 4 is 46.2 Å². The fourth-order valence-electron chi connectivity index (χ4n) is 3.40. The normalized spacial score (nSPS) is 15.4. The van der Waals surface area contributed by atoms with Gasteiger partial charge in [-0.25, -0.2) is 4.99 Å². The smallest absolute Gasteiger partial charge is 0.264 e. The van der Waals surface area contributed by atoms with E-state index in [9.17, 15) is 9.59 Å². The van der Waals surface area contributed by atoms with Crippen LogP contribution >= 0.6 is 11.8 Å². The second-order valence-electron chi connectivity index (χ2n) is 8.46. The van der Waals surface area contributed by atoms with Crippen LogP contribution in [0.5, 0.6) is 5.75 Å². The summed E-state index contributed by atoms with van der Waals surface area (Å²) >= 11 is 1.29. The van der Waals surface area contributed by atoms with Gasteiger partial charge in [0.1, 0.15) is 5.75 Å². The van der Waals surface area contributed by atoms with Crippen LogP contribution in [0, 0.1) is 27.7 Å². The van der Waals surface area contributed by atoms with Crippen molar-refractivity contribution in [1.29, 1.82) is 0 Å². The van der Waals surface area contributed by atoms with Gasteiger partial charge in [0.2, 0.25) is 0 Å². The molecule has 1 fully saturated rings. The number of carbonyl (C=O) groups is 2. The van der Waals surface area contributed by atoms with Gasteiger partial charge in [0.05, 0.1) is 10.6 Å². The molecule has 0 bridgehead atoms. The lowest BCUT2D eigenvalue weighted by Crippen LogP contribution is -2.20. The SMILES string of the molecule is Cc1ccc(N=C2NC(=O)C(=Cc3cccc(OCC(=O)Nc4ccc(C)c(C)c4)c3)S2)cc1C. The Hall–Kier alpha value is -3.84. The van der Waals surface area contributed by atoms with Gasteiger partial charge in [-0.2, -0.15) is 0 Å². The van der Waals surface area contributed by atoms with Crippen LogP contribution in [-0.4, -0.2) is 23.6 Å². The topological polar surface area (TPSA) is 79.8 Å². The Morgan fingerprint density at radius 1 is 0.971 bits per heavy atom. The molecule has 1 aliphatic heterocycles. The molecule has 4 rings (SSSR count). The van der Waals surface area contributed by atoms with Crippen molar-refractivity contribution in [2.24, 2.45) is 4.99 Å². The van der Waals surface area contributed by atoms with E-state index in [4.69, 9.17) is 4.74 Å². The van der Waals surface area contributed by atoms with Crippen molar-refractivity contribution in [3.05, 3.63) is 93.4 Å². The fraction of sp³-hybridized carbons (Fsp3) is 0.179. The van der Waals surface area contributed by atoms with Crippen LogP contribution in [0.1, 0.15) is 27.8 Å². The minimum absolute atomic E-state index is 0.116. The summed E-state index contributed by atoms with van der Waals surface area (Å²) in [7, 11) is 0. The minimum Gasteiger partial charge on any atom is -0.484 e. The first-order valence-corrected chi connectivity index (χ1v) is 12.1. The number of benzene rings is 3. The van der Waals surface area contributed by atoms with E-state index in [0.717, 1.165) is 28.1 Å². The highest BCUT2D eigenvalue weighted by Gasteiger charge is 2.23. The molecule has 0 atom stereocenters. The number of nitrogens with one attached hydrogen (secondary N) is 2. The first kappa shape index (κ1) is 24.3. The number of hydrogen-bond acceptors (Lipinski definition) is 5. The summed E-state index contributed by atoms with van der Waals surface area (Å²) < 4.78 is 5.67. The first-order chi connectivity index (χ1) is 16.8. The highest BCUT2D eigenvalue weighted by molar-refractivity contribution is 8.18. The molecule has 2 N–H and O–H groups in total. The maximum Gasteiger partial charge on any atom is 0.264 e. The molecule has 35 heavy (non-hydrogen) atoms. The van der Waals surface area contributed by atoms with Gasteiger partial charge < -0.3 is 15.4 Å². The monoisotopic (exact) mass is 485 g/mol. The predicted octanol–water partition coefficient (Wildman–Crippen LogP) is 5.83. The van der Waals surface area contributed by atoms with Crippen molar-refractivity contribution in [3.8, 4) is 5.75 Å². The van der Waals surface area contributed by atoms with Gasteiger partial charge in [-0.3, -0.25) is 9.59 Å². The predicted molar refractivity (Wildman–Crippen MR) is 143 cm³/mol. The van der Waals surface area contributed by atoms with E-state index in [1.165, 1.54) is 22.9 Å². The number of amidine groups is 1. The number of anilines is 1. The number of aliphatic imine (C=N–C) groups is 1. The summed E-state index contributed by atoms with van der Waals surface area (Å²) in [5.41, 5.74) is 6.96. The number of thioether (sulfide) groups is 1. The summed E-state index contributed by atoms with van der Waals surface area (Å²) in [5, 5.41) is 6.20. The molecule has 0 saturated carbocycles. The Morgan fingerprint density at radius 2 is 1.71 bits per heavy atom. The van der Waals surface area contributed by atoms with E-state index in [-0.39, 0.29) is 18.4 Å². The van der Waals surface area contributed by atoms with Crippen molar-refractivity contribution in [2.75, 3.05) is 11.9 Å². The van der Waals surface area contributed by atoms with Gasteiger partial charge in [0.15, 0.2) is 11.8 Å². The molecule has 1 saturated heterocycles. The Morgan fingerprint density at radius 3 is 2.46 bits per heavy atom. The zero-order valence-electron chi connectivity index (χ0n) is 20.1. The third-order valence-electron chi connectivity index (χ3n) is 5.69. The Balaban J connectivity index is 1.39. The number of aryl methyl sites for hydroxylation is 4. The summed E-state index contributed by atoms with van der Waals surface area (Å²) in [6, 6.07) is 19.0. The van der Waals surface area contributed by atoms with Crippen LogP contribution in [0.25, 0.3) is 6.08 Å². The Bertz CT molecular complexity index is 1360. The van der Waals surface area contributed by atoms with Gasteiger partial charge in [-0.15, -0.1) is 0 Å². The second kappa shape index (κ2) is 10.6. The highest BCUT2D eigenvalue weighted by Crippen LogP contribution is 2.29. The largest absolute Gasteiger partial charge is 0.484 e. The zero-order valence-corrected chi connectivity index (χ0v) is 21.0. The second-order valence-corrected chi connectivity index (χ2v) is 9.49. The quantitative estimate of drug-likeness (QED) is 0.431. The van der Waals surface area contributed by atoms with E-state index in [2.05, 4.69) is 15.6 Å². The van der Waals surface area contributed by atoms with Crippen LogP contribution in [-0.2, 0) is 9.59 Å². The molecule has 7 heteroatoms. The molecule has 0 aliphatic carbocycles. The maximum absolute atomic E-state index is 12.5. The van der Waals surface area contributed by atoms with Gasteiger partial charge in [-0.05, 0) is 110 Å². The molecule has 0 radical (unpaired) electrons. The van der Waals surface area contributed by atoms with Gasteiger partial charge in [-0.1, -0.05) is 24.3 Å². The molecule has 0 aromatic heterocycles.